The van der Waals surface area contributed by atoms with Crippen LogP contribution < -0.4 is 5.73 Å². The first-order valence-corrected chi connectivity index (χ1v) is 4.06. The molecule has 0 aliphatic heterocycles. The molecule has 0 saturated carbocycles. The van der Waals surface area contributed by atoms with Crippen LogP contribution in [0.2, 0.25) is 5.02 Å². The fourth-order valence-electron chi connectivity index (χ4n) is 1.11. The number of carbonyl (C=O) groups excluding carboxylic acids is 1. The van der Waals surface area contributed by atoms with Gasteiger partial charge in [0.15, 0.2) is 0 Å². The first kappa shape index (κ1) is 10.8. The number of carbonyl (C=O) groups is 1. The molecule has 3 nitrogen and oxygen atoms in total. The number of rotatable bonds is 2. The summed E-state index contributed by atoms with van der Waals surface area (Å²) in [6.45, 7) is 1.33. The largest absolute Gasteiger partial charge is 0.364 e. The number of pyridine rings is 1. The fraction of sp³-hybridized carbons (Fsp3) is 0.250. The van der Waals surface area contributed by atoms with Crippen LogP contribution in [0.3, 0.4) is 0 Å². The molecule has 0 atom stereocenters. The first-order valence-electron chi connectivity index (χ1n) is 3.68. The molecule has 0 radical (unpaired) electrons. The average Bonchev–Trinajstić information content (AvgIpc) is 2.02. The van der Waals surface area contributed by atoms with Crippen LogP contribution in [0.5, 0.6) is 0 Å². The third-order valence-electron chi connectivity index (χ3n) is 1.78. The number of nitrogens with zero attached hydrogens (tertiary/aromatic N) is 1. The Morgan fingerprint density at radius 2 is 2.21 bits per heavy atom. The lowest BCUT2D eigenvalue weighted by Gasteiger charge is -2.08. The zero-order chi connectivity index (χ0) is 10.9. The molecule has 0 bridgehead atoms. The van der Waals surface area contributed by atoms with E-state index in [4.69, 9.17) is 17.3 Å². The van der Waals surface area contributed by atoms with E-state index in [2.05, 4.69) is 4.98 Å². The summed E-state index contributed by atoms with van der Waals surface area (Å²) in [5, 5.41) is -0.164. The van der Waals surface area contributed by atoms with Gasteiger partial charge in [0.2, 0.25) is 0 Å². The van der Waals surface area contributed by atoms with Gasteiger partial charge in [0.25, 0.3) is 12.3 Å². The zero-order valence-corrected chi connectivity index (χ0v) is 7.98. The highest BCUT2D eigenvalue weighted by Gasteiger charge is 2.20. The molecule has 76 valence electrons. The molecule has 1 heterocycles. The van der Waals surface area contributed by atoms with Gasteiger partial charge in [-0.1, -0.05) is 11.6 Å². The fourth-order valence-corrected chi connectivity index (χ4v) is 1.38. The van der Waals surface area contributed by atoms with Crippen LogP contribution >= 0.6 is 11.6 Å². The van der Waals surface area contributed by atoms with Gasteiger partial charge in [-0.15, -0.1) is 0 Å². The lowest BCUT2D eigenvalue weighted by atomic mass is 10.1. The lowest BCUT2D eigenvalue weighted by Crippen LogP contribution is -2.16. The molecular weight excluding hydrogens is 214 g/mol. The summed E-state index contributed by atoms with van der Waals surface area (Å²) in [7, 11) is 0. The number of nitrogens with two attached hydrogens (primary N) is 1. The van der Waals surface area contributed by atoms with Gasteiger partial charge >= 0.3 is 0 Å². The lowest BCUT2D eigenvalue weighted by molar-refractivity contribution is 0.0994. The van der Waals surface area contributed by atoms with E-state index in [1.807, 2.05) is 0 Å². The quantitative estimate of drug-likeness (QED) is 0.830. The minimum Gasteiger partial charge on any atom is -0.364 e. The van der Waals surface area contributed by atoms with E-state index < -0.39 is 17.9 Å². The molecular formula is C8H7ClF2N2O. The van der Waals surface area contributed by atoms with Gasteiger partial charge in [0.05, 0.1) is 5.02 Å². The van der Waals surface area contributed by atoms with E-state index >= 15 is 0 Å². The Morgan fingerprint density at radius 1 is 1.64 bits per heavy atom. The van der Waals surface area contributed by atoms with Gasteiger partial charge in [-0.3, -0.25) is 4.79 Å². The highest BCUT2D eigenvalue weighted by molar-refractivity contribution is 6.31. The van der Waals surface area contributed by atoms with Gasteiger partial charge < -0.3 is 5.73 Å². The summed E-state index contributed by atoms with van der Waals surface area (Å²) in [5.74, 6) is -0.846. The molecule has 0 saturated heterocycles. The van der Waals surface area contributed by atoms with E-state index in [1.165, 1.54) is 6.92 Å². The van der Waals surface area contributed by atoms with Crippen molar-refractivity contribution in [2.75, 3.05) is 0 Å². The van der Waals surface area contributed by atoms with Gasteiger partial charge in [0.1, 0.15) is 5.69 Å². The number of hydrogen-bond donors (Lipinski definition) is 1. The maximum atomic E-state index is 12.5. The van der Waals surface area contributed by atoms with Crippen molar-refractivity contribution < 1.29 is 13.6 Å². The normalized spacial score (nSPS) is 10.6. The van der Waals surface area contributed by atoms with Gasteiger partial charge in [-0.05, 0) is 12.5 Å². The molecule has 2 N–H and O–H groups in total. The molecule has 0 aliphatic carbocycles. The third kappa shape index (κ3) is 1.82. The standard InChI is InChI=1S/C8H7ClF2N2O/c1-3-5(7(10)11)4(9)2-13-6(3)8(12)14/h2,7H,1H3,(H2,12,14). The Kier molecular flexibility index (Phi) is 3.00. The monoisotopic (exact) mass is 220 g/mol. The van der Waals surface area contributed by atoms with Crippen molar-refractivity contribution in [2.45, 2.75) is 13.3 Å². The van der Waals surface area contributed by atoms with Crippen LogP contribution in [-0.2, 0) is 0 Å². The highest BCUT2D eigenvalue weighted by Crippen LogP contribution is 2.30. The Bertz CT molecular complexity index is 382. The second-order valence-corrected chi connectivity index (χ2v) is 3.07. The summed E-state index contributed by atoms with van der Waals surface area (Å²) < 4.78 is 24.9. The summed E-state index contributed by atoms with van der Waals surface area (Å²) in [5.41, 5.74) is 4.40. The molecule has 1 aromatic rings. The summed E-state index contributed by atoms with van der Waals surface area (Å²) in [6, 6.07) is 0. The van der Waals surface area contributed by atoms with Crippen molar-refractivity contribution in [2.24, 2.45) is 5.73 Å². The minimum absolute atomic E-state index is 0.0278. The predicted octanol–water partition coefficient (Wildman–Crippen LogP) is 2.08. The number of halogens is 3. The third-order valence-corrected chi connectivity index (χ3v) is 2.08. The second-order valence-electron chi connectivity index (χ2n) is 2.66. The van der Waals surface area contributed by atoms with Crippen molar-refractivity contribution >= 4 is 17.5 Å². The highest BCUT2D eigenvalue weighted by atomic mass is 35.5. The van der Waals surface area contributed by atoms with Gasteiger partial charge in [0, 0.05) is 11.8 Å². The molecule has 0 aromatic carbocycles. The smallest absolute Gasteiger partial charge is 0.267 e. The van der Waals surface area contributed by atoms with Crippen LogP contribution in [0.4, 0.5) is 8.78 Å². The molecule has 1 aromatic heterocycles. The van der Waals surface area contributed by atoms with Crippen LogP contribution in [0.1, 0.15) is 28.0 Å². The van der Waals surface area contributed by atoms with E-state index in [-0.39, 0.29) is 16.3 Å². The predicted molar refractivity (Wildman–Crippen MR) is 47.5 cm³/mol. The Morgan fingerprint density at radius 3 is 2.64 bits per heavy atom. The summed E-state index contributed by atoms with van der Waals surface area (Å²) in [4.78, 5) is 14.4. The molecule has 1 amide bonds. The van der Waals surface area contributed by atoms with Crippen molar-refractivity contribution in [3.8, 4) is 0 Å². The summed E-state index contributed by atoms with van der Waals surface area (Å²) >= 11 is 5.51. The Balaban J connectivity index is 3.41. The minimum atomic E-state index is -2.75. The number of primary amides is 1. The van der Waals surface area contributed by atoms with Crippen molar-refractivity contribution in [1.29, 1.82) is 0 Å². The molecule has 6 heteroatoms. The van der Waals surface area contributed by atoms with Crippen LogP contribution in [0.15, 0.2) is 6.20 Å². The van der Waals surface area contributed by atoms with Crippen LogP contribution in [0.25, 0.3) is 0 Å². The maximum absolute atomic E-state index is 12.5. The molecule has 0 fully saturated rings. The number of amides is 1. The van der Waals surface area contributed by atoms with E-state index in [9.17, 15) is 13.6 Å². The Hall–Kier alpha value is -1.23. The van der Waals surface area contributed by atoms with Crippen molar-refractivity contribution in [1.82, 2.24) is 4.98 Å². The molecule has 14 heavy (non-hydrogen) atoms. The number of aromatic nitrogens is 1. The zero-order valence-electron chi connectivity index (χ0n) is 7.22. The summed E-state index contributed by atoms with van der Waals surface area (Å²) in [6.07, 6.45) is -1.75. The topological polar surface area (TPSA) is 56.0 Å². The molecule has 1 rings (SSSR count). The van der Waals surface area contributed by atoms with Gasteiger partial charge in [-0.25, -0.2) is 13.8 Å². The van der Waals surface area contributed by atoms with Crippen LogP contribution in [0, 0.1) is 6.92 Å². The number of hydrogen-bond acceptors (Lipinski definition) is 2. The average molecular weight is 221 g/mol. The van der Waals surface area contributed by atoms with Crippen LogP contribution in [-0.4, -0.2) is 10.9 Å². The van der Waals surface area contributed by atoms with Crippen molar-refractivity contribution in [3.63, 3.8) is 0 Å². The molecule has 0 spiro atoms. The Labute approximate surface area is 83.9 Å². The van der Waals surface area contributed by atoms with Gasteiger partial charge in [-0.2, -0.15) is 0 Å². The first-order chi connectivity index (χ1) is 6.45. The second kappa shape index (κ2) is 3.88. The number of alkyl halides is 2. The molecule has 0 aliphatic rings. The van der Waals surface area contributed by atoms with E-state index in [0.29, 0.717) is 0 Å². The SMILES string of the molecule is Cc1c(C(N)=O)ncc(Cl)c1C(F)F. The van der Waals surface area contributed by atoms with Crippen molar-refractivity contribution in [3.05, 3.63) is 28.0 Å². The van der Waals surface area contributed by atoms with E-state index in [0.717, 1.165) is 6.20 Å². The molecule has 0 unspecified atom stereocenters. The van der Waals surface area contributed by atoms with E-state index in [1.54, 1.807) is 0 Å². The maximum Gasteiger partial charge on any atom is 0.267 e.